The van der Waals surface area contributed by atoms with Crippen LogP contribution in [0.25, 0.3) is 0 Å². The van der Waals surface area contributed by atoms with Gasteiger partial charge in [0.2, 0.25) is 16.3 Å². The minimum absolute atomic E-state index is 0.221. The first-order chi connectivity index (χ1) is 12.4. The maximum absolute atomic E-state index is 11.8. The first-order valence-electron chi connectivity index (χ1n) is 10.0. The Balaban J connectivity index is 0. The molecule has 0 bridgehead atoms. The third-order valence-corrected chi connectivity index (χ3v) is 4.35. The van der Waals surface area contributed by atoms with E-state index in [-0.39, 0.29) is 11.9 Å². The lowest BCUT2D eigenvalue weighted by Crippen LogP contribution is -2.47. The molecule has 0 aromatic rings. The number of nitrogens with one attached hydrogen (secondary N) is 1. The maximum atomic E-state index is 11.8. The number of likely N-dealkylation sites (N-methyl/N-ethyl adjacent to an activating group) is 1. The Bertz CT molecular complexity index is 461. The van der Waals surface area contributed by atoms with Crippen molar-refractivity contribution in [3.05, 3.63) is 0 Å². The summed E-state index contributed by atoms with van der Waals surface area (Å²) in [7, 11) is 2.86. The number of hydrogen-bond donors (Lipinski definition) is 1. The molecule has 0 rings (SSSR count). The summed E-state index contributed by atoms with van der Waals surface area (Å²) in [6.07, 6.45) is 12.4. The zero-order valence-electron chi connectivity index (χ0n) is 18.3. The van der Waals surface area contributed by atoms with Gasteiger partial charge in [-0.2, -0.15) is 0 Å². The van der Waals surface area contributed by atoms with Crippen molar-refractivity contribution in [2.75, 3.05) is 34.8 Å². The monoisotopic (exact) mass is 410 g/mol. The third-order valence-electron chi connectivity index (χ3n) is 3.94. The highest BCUT2D eigenvalue weighted by molar-refractivity contribution is 7.80. The molecule has 27 heavy (non-hydrogen) atoms. The van der Waals surface area contributed by atoms with Crippen molar-refractivity contribution < 1.29 is 26.4 Å². The van der Waals surface area contributed by atoms with Crippen LogP contribution >= 0.6 is 0 Å². The summed E-state index contributed by atoms with van der Waals surface area (Å²) < 4.78 is 31.9. The summed E-state index contributed by atoms with van der Waals surface area (Å²) in [5, 5.41) is 3.11. The lowest BCUT2D eigenvalue weighted by Gasteiger charge is -2.27. The Labute approximate surface area is 167 Å². The minimum atomic E-state index is -4.41. The van der Waals surface area contributed by atoms with Gasteiger partial charge in [0.1, 0.15) is 0 Å². The first kappa shape index (κ1) is 28.5. The molecule has 1 N–H and O–H groups in total. The quantitative estimate of drug-likeness (QED) is 0.205. The second-order valence-electron chi connectivity index (χ2n) is 8.09. The summed E-state index contributed by atoms with van der Waals surface area (Å²) in [5.74, 6) is 0.221. The number of amides is 1. The highest BCUT2D eigenvalue weighted by Gasteiger charge is 2.15. The fourth-order valence-corrected chi connectivity index (χ4v) is 2.81. The average Bonchev–Trinajstić information content (AvgIpc) is 2.51. The molecular weight excluding hydrogens is 368 g/mol. The lowest BCUT2D eigenvalue weighted by molar-refractivity contribution is -0.871. The van der Waals surface area contributed by atoms with Crippen LogP contribution in [0.2, 0.25) is 0 Å². The molecule has 0 aliphatic carbocycles. The van der Waals surface area contributed by atoms with E-state index in [0.717, 1.165) is 24.6 Å². The van der Waals surface area contributed by atoms with Gasteiger partial charge >= 0.3 is 0 Å². The normalized spacial score (nSPS) is 12.9. The number of rotatable bonds is 14. The van der Waals surface area contributed by atoms with Crippen molar-refractivity contribution >= 4 is 16.3 Å². The Morgan fingerprint density at radius 1 is 1.00 bits per heavy atom. The van der Waals surface area contributed by atoms with E-state index in [1.54, 1.807) is 0 Å². The predicted octanol–water partition coefficient (Wildman–Crippen LogP) is 3.21. The van der Waals surface area contributed by atoms with Gasteiger partial charge in [-0.15, -0.1) is 0 Å². The van der Waals surface area contributed by atoms with Crippen LogP contribution in [0.15, 0.2) is 0 Å². The summed E-state index contributed by atoms with van der Waals surface area (Å²) >= 11 is 0. The number of carbonyl (C=O) groups excluding carboxylic acids is 1. The summed E-state index contributed by atoms with van der Waals surface area (Å²) in [6.45, 7) is 5.33. The van der Waals surface area contributed by atoms with Gasteiger partial charge in [0.25, 0.3) is 0 Å². The van der Waals surface area contributed by atoms with Gasteiger partial charge in [-0.25, -0.2) is 8.42 Å². The molecule has 0 aromatic carbocycles. The molecular formula is C19H42N2O5S. The standard InChI is InChI=1S/C18H38N2O.CH4O4S/c1-6-7-8-9-10-11-12-13-14-15-18(21)19-17(2)16-20(3,4)5;1-5-6(2,3)4/h17H,6-16H2,1-5H3;1H3,(H,2,3,4). The molecule has 0 saturated carbocycles. The number of hydrogen-bond acceptors (Lipinski definition) is 5. The van der Waals surface area contributed by atoms with Crippen LogP contribution in [0.1, 0.15) is 78.1 Å². The van der Waals surface area contributed by atoms with Crippen molar-refractivity contribution in [1.82, 2.24) is 5.32 Å². The molecule has 0 radical (unpaired) electrons. The van der Waals surface area contributed by atoms with E-state index in [4.69, 9.17) is 0 Å². The molecule has 164 valence electrons. The topological polar surface area (TPSA) is 95.5 Å². The largest absolute Gasteiger partial charge is 0.726 e. The lowest BCUT2D eigenvalue weighted by atomic mass is 10.1. The van der Waals surface area contributed by atoms with Crippen LogP contribution in [0.4, 0.5) is 0 Å². The van der Waals surface area contributed by atoms with E-state index in [2.05, 4.69) is 44.5 Å². The van der Waals surface area contributed by atoms with E-state index >= 15 is 0 Å². The molecule has 0 spiro atoms. The Morgan fingerprint density at radius 3 is 1.78 bits per heavy atom. The van der Waals surface area contributed by atoms with Crippen molar-refractivity contribution in [2.24, 2.45) is 0 Å². The molecule has 7 nitrogen and oxygen atoms in total. The van der Waals surface area contributed by atoms with E-state index in [9.17, 15) is 17.8 Å². The number of nitrogens with zero attached hydrogens (tertiary/aromatic N) is 1. The van der Waals surface area contributed by atoms with Crippen molar-refractivity contribution in [1.29, 1.82) is 0 Å². The Kier molecular flexibility index (Phi) is 17.2. The number of unbranched alkanes of at least 4 members (excludes halogenated alkanes) is 8. The molecule has 8 heteroatoms. The molecule has 1 unspecified atom stereocenters. The number of carbonyl (C=O) groups is 1. The molecule has 0 aromatic heterocycles. The fourth-order valence-electron chi connectivity index (χ4n) is 2.81. The molecule has 0 aliphatic heterocycles. The second kappa shape index (κ2) is 16.3. The summed E-state index contributed by atoms with van der Waals surface area (Å²) in [6, 6.07) is 0.260. The Morgan fingerprint density at radius 2 is 1.41 bits per heavy atom. The number of quaternary nitrogens is 1. The van der Waals surface area contributed by atoms with Gasteiger partial charge in [-0.05, 0) is 13.3 Å². The van der Waals surface area contributed by atoms with Crippen LogP contribution in [0.5, 0.6) is 0 Å². The Hall–Kier alpha value is -0.700. The molecule has 0 aliphatic rings. The zero-order valence-corrected chi connectivity index (χ0v) is 19.1. The van der Waals surface area contributed by atoms with Crippen molar-refractivity contribution in [3.63, 3.8) is 0 Å². The van der Waals surface area contributed by atoms with Gasteiger partial charge in [-0.1, -0.05) is 58.3 Å². The smallest absolute Gasteiger partial charge is 0.220 e. The molecule has 0 fully saturated rings. The van der Waals surface area contributed by atoms with E-state index in [1.165, 1.54) is 51.4 Å². The van der Waals surface area contributed by atoms with E-state index in [0.29, 0.717) is 6.42 Å². The third kappa shape index (κ3) is 27.6. The zero-order chi connectivity index (χ0) is 21.3. The highest BCUT2D eigenvalue weighted by Crippen LogP contribution is 2.10. The predicted molar refractivity (Wildman–Crippen MR) is 109 cm³/mol. The van der Waals surface area contributed by atoms with Crippen LogP contribution in [0.3, 0.4) is 0 Å². The molecule has 0 heterocycles. The van der Waals surface area contributed by atoms with Gasteiger partial charge in [0.05, 0.1) is 40.8 Å². The highest BCUT2D eigenvalue weighted by atomic mass is 32.3. The van der Waals surface area contributed by atoms with E-state index < -0.39 is 10.4 Å². The van der Waals surface area contributed by atoms with Crippen LogP contribution in [0, 0.1) is 0 Å². The van der Waals surface area contributed by atoms with Crippen molar-refractivity contribution in [2.45, 2.75) is 84.1 Å². The SMILES string of the molecule is CCCCCCCCCCCC(=O)NC(C)C[N+](C)(C)C.COS(=O)(=O)[O-]. The van der Waals surface area contributed by atoms with Gasteiger partial charge < -0.3 is 14.4 Å². The second-order valence-corrected chi connectivity index (χ2v) is 9.24. The van der Waals surface area contributed by atoms with Crippen molar-refractivity contribution in [3.8, 4) is 0 Å². The van der Waals surface area contributed by atoms with Crippen LogP contribution < -0.4 is 5.32 Å². The fraction of sp³-hybridized carbons (Fsp3) is 0.947. The molecule has 1 amide bonds. The van der Waals surface area contributed by atoms with Gasteiger partial charge in [0, 0.05) is 6.42 Å². The maximum Gasteiger partial charge on any atom is 0.220 e. The van der Waals surface area contributed by atoms with Crippen LogP contribution in [-0.4, -0.2) is 64.2 Å². The summed E-state index contributed by atoms with van der Waals surface area (Å²) in [5.41, 5.74) is 0. The van der Waals surface area contributed by atoms with Gasteiger partial charge in [0.15, 0.2) is 0 Å². The summed E-state index contributed by atoms with van der Waals surface area (Å²) in [4.78, 5) is 11.8. The first-order valence-corrected chi connectivity index (χ1v) is 11.4. The molecule has 0 saturated heterocycles. The van der Waals surface area contributed by atoms with Gasteiger partial charge in [-0.3, -0.25) is 8.98 Å². The molecule has 1 atom stereocenters. The van der Waals surface area contributed by atoms with E-state index in [1.807, 2.05) is 0 Å². The minimum Gasteiger partial charge on any atom is -0.726 e. The van der Waals surface area contributed by atoms with Crippen LogP contribution in [-0.2, 0) is 19.4 Å². The average molecular weight is 411 g/mol.